The quantitative estimate of drug-likeness (QED) is 0.189. The molecule has 0 saturated heterocycles. The van der Waals surface area contributed by atoms with Crippen molar-refractivity contribution in [3.63, 3.8) is 0 Å². The highest BCUT2D eigenvalue weighted by Gasteiger charge is 2.20. The number of ether oxygens (including phenoxy) is 5. The molecule has 4 atom stereocenters. The van der Waals surface area contributed by atoms with E-state index in [2.05, 4.69) is 13.2 Å². The van der Waals surface area contributed by atoms with Gasteiger partial charge in [0.25, 0.3) is 0 Å². The predicted molar refractivity (Wildman–Crippen MR) is 86.2 cm³/mol. The summed E-state index contributed by atoms with van der Waals surface area (Å²) < 4.78 is 25.2. The second kappa shape index (κ2) is 13.5. The van der Waals surface area contributed by atoms with Crippen molar-refractivity contribution < 1.29 is 43.5 Å². The van der Waals surface area contributed by atoms with Gasteiger partial charge in [0.2, 0.25) is 12.6 Å². The number of aliphatic hydroxyl groups is 2. The van der Waals surface area contributed by atoms with E-state index in [9.17, 15) is 19.8 Å². The van der Waals surface area contributed by atoms with Crippen molar-refractivity contribution in [3.8, 4) is 0 Å². The molecule has 0 spiro atoms. The van der Waals surface area contributed by atoms with Gasteiger partial charge in [-0.1, -0.05) is 13.2 Å². The molecule has 0 aliphatic carbocycles. The van der Waals surface area contributed by atoms with Crippen LogP contribution in [-0.4, -0.2) is 73.4 Å². The maximum absolute atomic E-state index is 11.1. The van der Waals surface area contributed by atoms with E-state index in [4.69, 9.17) is 23.7 Å². The molecule has 0 aromatic rings. The maximum atomic E-state index is 11.1. The van der Waals surface area contributed by atoms with Crippen molar-refractivity contribution in [3.05, 3.63) is 25.3 Å². The zero-order valence-electron chi connectivity index (χ0n) is 14.5. The third kappa shape index (κ3) is 11.4. The summed E-state index contributed by atoms with van der Waals surface area (Å²) in [7, 11) is 0. The van der Waals surface area contributed by atoms with Gasteiger partial charge < -0.3 is 33.9 Å². The Balaban J connectivity index is 3.92. The van der Waals surface area contributed by atoms with Crippen molar-refractivity contribution in [1.82, 2.24) is 0 Å². The molecule has 4 unspecified atom stereocenters. The lowest BCUT2D eigenvalue weighted by molar-refractivity contribution is -0.204. The number of hydrogen-bond acceptors (Lipinski definition) is 9. The van der Waals surface area contributed by atoms with Gasteiger partial charge in [-0.2, -0.15) is 0 Å². The first-order valence-corrected chi connectivity index (χ1v) is 7.65. The maximum Gasteiger partial charge on any atom is 0.332 e. The zero-order chi connectivity index (χ0) is 19.2. The molecule has 0 aliphatic heterocycles. The fraction of sp³-hybridized carbons (Fsp3) is 0.625. The summed E-state index contributed by atoms with van der Waals surface area (Å²) in [4.78, 5) is 22.2. The van der Waals surface area contributed by atoms with Gasteiger partial charge in [0.05, 0.1) is 26.4 Å². The first kappa shape index (κ1) is 23.2. The standard InChI is InChI=1S/C16H26O9/c1-5-13(19)24-15(11(3)17)22-9-7-21-8-10-23-16(12(4)18)25-14(20)6-2/h5-6,11-12,15-18H,1-2,7-10H2,3-4H3. The van der Waals surface area contributed by atoms with Crippen LogP contribution in [-0.2, 0) is 33.3 Å². The van der Waals surface area contributed by atoms with Crippen LogP contribution in [0.2, 0.25) is 0 Å². The van der Waals surface area contributed by atoms with E-state index in [1.807, 2.05) is 0 Å². The molecular formula is C16H26O9. The molecule has 0 bridgehead atoms. The molecular weight excluding hydrogens is 336 g/mol. The zero-order valence-corrected chi connectivity index (χ0v) is 14.5. The van der Waals surface area contributed by atoms with Crippen molar-refractivity contribution in [2.24, 2.45) is 0 Å². The number of aliphatic hydroxyl groups excluding tert-OH is 2. The first-order valence-electron chi connectivity index (χ1n) is 7.65. The summed E-state index contributed by atoms with van der Waals surface area (Å²) in [6.45, 7) is 9.73. The number of carbonyl (C=O) groups excluding carboxylic acids is 2. The largest absolute Gasteiger partial charge is 0.430 e. The number of esters is 2. The Morgan fingerprint density at radius 1 is 0.840 bits per heavy atom. The van der Waals surface area contributed by atoms with Crippen molar-refractivity contribution in [1.29, 1.82) is 0 Å². The van der Waals surface area contributed by atoms with Gasteiger partial charge in [0.15, 0.2) is 0 Å². The second-order valence-electron chi connectivity index (χ2n) is 4.85. The number of rotatable bonds is 14. The van der Waals surface area contributed by atoms with Gasteiger partial charge in [-0.3, -0.25) is 0 Å². The van der Waals surface area contributed by atoms with Crippen LogP contribution in [0.3, 0.4) is 0 Å². The fourth-order valence-electron chi connectivity index (χ4n) is 1.42. The lowest BCUT2D eigenvalue weighted by Crippen LogP contribution is -2.33. The van der Waals surface area contributed by atoms with Crippen LogP contribution in [0.25, 0.3) is 0 Å². The molecule has 9 heteroatoms. The van der Waals surface area contributed by atoms with E-state index in [0.29, 0.717) is 0 Å². The SMILES string of the molecule is C=CC(=O)OC(OCCOCCOC(OC(=O)C=C)C(C)O)C(C)O. The van der Waals surface area contributed by atoms with Gasteiger partial charge in [-0.15, -0.1) is 0 Å². The Morgan fingerprint density at radius 2 is 1.20 bits per heavy atom. The van der Waals surface area contributed by atoms with Gasteiger partial charge in [0, 0.05) is 12.2 Å². The minimum Gasteiger partial charge on any atom is -0.430 e. The van der Waals surface area contributed by atoms with Crippen LogP contribution < -0.4 is 0 Å². The van der Waals surface area contributed by atoms with Gasteiger partial charge in [0.1, 0.15) is 12.2 Å². The first-order chi connectivity index (χ1) is 11.8. The van der Waals surface area contributed by atoms with Crippen LogP contribution in [0.4, 0.5) is 0 Å². The molecule has 25 heavy (non-hydrogen) atoms. The molecule has 0 aromatic heterocycles. The molecule has 0 amide bonds. The van der Waals surface area contributed by atoms with Gasteiger partial charge in [-0.05, 0) is 13.8 Å². The van der Waals surface area contributed by atoms with Crippen molar-refractivity contribution in [2.45, 2.75) is 38.6 Å². The average Bonchev–Trinajstić information content (AvgIpc) is 2.57. The molecule has 9 nitrogen and oxygen atoms in total. The van der Waals surface area contributed by atoms with E-state index < -0.39 is 36.7 Å². The lowest BCUT2D eigenvalue weighted by Gasteiger charge is -2.21. The normalized spacial score (nSPS) is 15.5. The summed E-state index contributed by atoms with van der Waals surface area (Å²) in [5.74, 6) is -1.42. The minimum atomic E-state index is -1.12. The predicted octanol–water partition coefficient (Wildman–Crippen LogP) is -0.0916. The molecule has 0 saturated carbocycles. The highest BCUT2D eigenvalue weighted by atomic mass is 16.7. The van der Waals surface area contributed by atoms with Crippen LogP contribution in [0.15, 0.2) is 25.3 Å². The highest BCUT2D eigenvalue weighted by Crippen LogP contribution is 2.04. The third-order valence-electron chi connectivity index (χ3n) is 2.61. The Kier molecular flexibility index (Phi) is 12.5. The van der Waals surface area contributed by atoms with Crippen LogP contribution in [0.5, 0.6) is 0 Å². The van der Waals surface area contributed by atoms with Gasteiger partial charge in [-0.25, -0.2) is 9.59 Å². The molecule has 0 fully saturated rings. The van der Waals surface area contributed by atoms with Crippen LogP contribution in [0.1, 0.15) is 13.8 Å². The van der Waals surface area contributed by atoms with Crippen LogP contribution >= 0.6 is 0 Å². The summed E-state index contributed by atoms with van der Waals surface area (Å²) >= 11 is 0. The Bertz CT molecular complexity index is 382. The molecule has 2 N–H and O–H groups in total. The molecule has 0 radical (unpaired) electrons. The smallest absolute Gasteiger partial charge is 0.332 e. The van der Waals surface area contributed by atoms with E-state index in [1.54, 1.807) is 0 Å². The van der Waals surface area contributed by atoms with Crippen LogP contribution in [0, 0.1) is 0 Å². The van der Waals surface area contributed by atoms with Crippen molar-refractivity contribution in [2.75, 3.05) is 26.4 Å². The third-order valence-corrected chi connectivity index (χ3v) is 2.61. The average molecular weight is 362 g/mol. The Labute approximate surface area is 146 Å². The molecule has 0 rings (SSSR count). The molecule has 0 aromatic carbocycles. The highest BCUT2D eigenvalue weighted by molar-refractivity contribution is 5.81. The summed E-state index contributed by atoms with van der Waals surface area (Å²) in [6, 6.07) is 0. The van der Waals surface area contributed by atoms with E-state index in [0.717, 1.165) is 12.2 Å². The Hall–Kier alpha value is -1.78. The topological polar surface area (TPSA) is 121 Å². The van der Waals surface area contributed by atoms with E-state index in [-0.39, 0.29) is 26.4 Å². The summed E-state index contributed by atoms with van der Waals surface area (Å²) in [6.07, 6.45) is -2.35. The summed E-state index contributed by atoms with van der Waals surface area (Å²) in [5, 5.41) is 18.9. The lowest BCUT2D eigenvalue weighted by atomic mass is 10.4. The molecule has 144 valence electrons. The monoisotopic (exact) mass is 362 g/mol. The van der Waals surface area contributed by atoms with E-state index in [1.165, 1.54) is 13.8 Å². The fourth-order valence-corrected chi connectivity index (χ4v) is 1.42. The number of carbonyl (C=O) groups is 2. The molecule has 0 aliphatic rings. The number of hydrogen-bond donors (Lipinski definition) is 2. The van der Waals surface area contributed by atoms with Crippen molar-refractivity contribution >= 4 is 11.9 Å². The summed E-state index contributed by atoms with van der Waals surface area (Å²) in [5.41, 5.74) is 0. The Morgan fingerprint density at radius 3 is 1.48 bits per heavy atom. The minimum absolute atomic E-state index is 0.0608. The molecule has 0 heterocycles. The van der Waals surface area contributed by atoms with Gasteiger partial charge >= 0.3 is 11.9 Å². The van der Waals surface area contributed by atoms with E-state index >= 15 is 0 Å². The second-order valence-corrected chi connectivity index (χ2v) is 4.85.